The van der Waals surface area contributed by atoms with Gasteiger partial charge in [0.25, 0.3) is 5.56 Å². The molecule has 1 aliphatic heterocycles. The molecular weight excluding hydrogens is 382 g/mol. The third-order valence-corrected chi connectivity index (χ3v) is 6.24. The van der Waals surface area contributed by atoms with Crippen LogP contribution < -0.4 is 10.5 Å². The molecule has 1 aromatic carbocycles. The highest BCUT2D eigenvalue weighted by atomic mass is 16.5. The third-order valence-electron chi connectivity index (χ3n) is 6.24. The van der Waals surface area contributed by atoms with Gasteiger partial charge in [0.1, 0.15) is 11.5 Å². The van der Waals surface area contributed by atoms with Crippen molar-refractivity contribution in [2.45, 2.75) is 32.4 Å². The predicted octanol–water partition coefficient (Wildman–Crippen LogP) is 1.84. The fraction of sp³-hybridized carbons (Fsp3) is 0.500. The average Bonchev–Trinajstić information content (AvgIpc) is 3.39. The third kappa shape index (κ3) is 3.61. The first kappa shape index (κ1) is 19.3. The first-order valence-electron chi connectivity index (χ1n) is 10.6. The smallest absolute Gasteiger partial charge is 0.261 e. The fourth-order valence-electron chi connectivity index (χ4n) is 4.48. The number of hydrogen-bond donors (Lipinski definition) is 0. The van der Waals surface area contributed by atoms with Gasteiger partial charge in [-0.1, -0.05) is 5.16 Å². The van der Waals surface area contributed by atoms with Crippen LogP contribution in [0, 0.1) is 0 Å². The molecule has 158 valence electrons. The van der Waals surface area contributed by atoms with E-state index in [4.69, 9.17) is 9.26 Å². The first-order valence-corrected chi connectivity index (χ1v) is 10.6. The Labute approximate surface area is 175 Å². The lowest BCUT2D eigenvalue weighted by Crippen LogP contribution is -2.46. The normalized spacial score (nSPS) is 17.0. The number of anilines is 1. The molecule has 0 atom stereocenters. The Morgan fingerprint density at radius 1 is 1.17 bits per heavy atom. The van der Waals surface area contributed by atoms with Gasteiger partial charge in [-0.15, -0.1) is 0 Å². The van der Waals surface area contributed by atoms with E-state index in [-0.39, 0.29) is 5.56 Å². The van der Waals surface area contributed by atoms with E-state index in [0.717, 1.165) is 68.2 Å². The van der Waals surface area contributed by atoms with Gasteiger partial charge in [-0.3, -0.25) is 14.3 Å². The summed E-state index contributed by atoms with van der Waals surface area (Å²) in [4.78, 5) is 21.9. The molecule has 2 aliphatic rings. The largest absolute Gasteiger partial charge is 0.383 e. The summed E-state index contributed by atoms with van der Waals surface area (Å²) >= 11 is 0. The maximum absolute atomic E-state index is 12.6. The maximum Gasteiger partial charge on any atom is 0.261 e. The van der Waals surface area contributed by atoms with Crippen LogP contribution in [0.1, 0.15) is 23.4 Å². The van der Waals surface area contributed by atoms with Gasteiger partial charge in [0.05, 0.1) is 30.4 Å². The van der Waals surface area contributed by atoms with Gasteiger partial charge < -0.3 is 14.2 Å². The summed E-state index contributed by atoms with van der Waals surface area (Å²) in [5.74, 6) is 1.09. The van der Waals surface area contributed by atoms with Crippen LogP contribution in [-0.2, 0) is 30.7 Å². The summed E-state index contributed by atoms with van der Waals surface area (Å²) in [7, 11) is 1.63. The molecule has 1 aliphatic carbocycles. The summed E-state index contributed by atoms with van der Waals surface area (Å²) in [5.41, 5.74) is 4.30. The molecule has 3 heterocycles. The van der Waals surface area contributed by atoms with Crippen LogP contribution >= 0.6 is 0 Å². The van der Waals surface area contributed by atoms with Gasteiger partial charge in [-0.05, 0) is 31.0 Å². The zero-order valence-corrected chi connectivity index (χ0v) is 17.3. The van der Waals surface area contributed by atoms with Crippen LogP contribution in [0.15, 0.2) is 33.8 Å². The number of fused-ring (bicyclic) bond motifs is 2. The highest BCUT2D eigenvalue weighted by molar-refractivity contribution is 5.81. The molecule has 0 saturated carbocycles. The molecule has 1 fully saturated rings. The lowest BCUT2D eigenvalue weighted by molar-refractivity contribution is 0.186. The summed E-state index contributed by atoms with van der Waals surface area (Å²) in [6, 6.07) is 5.96. The Kier molecular flexibility index (Phi) is 5.26. The number of ether oxygens (including phenoxy) is 1. The first-order chi connectivity index (χ1) is 14.7. The van der Waals surface area contributed by atoms with Crippen LogP contribution in [0.25, 0.3) is 10.9 Å². The Hall–Kier alpha value is -2.71. The summed E-state index contributed by atoms with van der Waals surface area (Å²) in [6.07, 6.45) is 4.93. The Morgan fingerprint density at radius 2 is 2.03 bits per heavy atom. The van der Waals surface area contributed by atoms with Crippen molar-refractivity contribution in [3.8, 4) is 0 Å². The second kappa shape index (κ2) is 8.20. The second-order valence-electron chi connectivity index (χ2n) is 8.09. The van der Waals surface area contributed by atoms with E-state index >= 15 is 0 Å². The fourth-order valence-corrected chi connectivity index (χ4v) is 4.48. The number of benzene rings is 1. The molecule has 0 spiro atoms. The average molecular weight is 409 g/mol. The molecule has 8 nitrogen and oxygen atoms in total. The highest BCUT2D eigenvalue weighted by Gasteiger charge is 2.24. The number of aryl methyl sites for hydroxylation is 1. The molecule has 0 unspecified atom stereocenters. The minimum absolute atomic E-state index is 0.0198. The van der Waals surface area contributed by atoms with E-state index < -0.39 is 0 Å². The molecule has 0 amide bonds. The number of aromatic nitrogens is 3. The predicted molar refractivity (Wildman–Crippen MR) is 114 cm³/mol. The molecule has 3 aromatic rings. The highest BCUT2D eigenvalue weighted by Crippen LogP contribution is 2.26. The van der Waals surface area contributed by atoms with Crippen LogP contribution in [0.3, 0.4) is 0 Å². The van der Waals surface area contributed by atoms with Crippen LogP contribution in [0.5, 0.6) is 0 Å². The Morgan fingerprint density at radius 3 is 2.87 bits per heavy atom. The SMILES string of the molecule is COCCn1cnc2cc(N3CCN(Cc4noc5c4CCC5)CC3)ccc2c1=O. The van der Waals surface area contributed by atoms with Gasteiger partial charge in [0, 0.05) is 57.5 Å². The number of rotatable bonds is 6. The molecule has 1 saturated heterocycles. The van der Waals surface area contributed by atoms with Crippen LogP contribution in [-0.4, -0.2) is 59.5 Å². The van der Waals surface area contributed by atoms with E-state index in [0.29, 0.717) is 18.5 Å². The van der Waals surface area contributed by atoms with Crippen LogP contribution in [0.4, 0.5) is 5.69 Å². The van der Waals surface area contributed by atoms with Crippen molar-refractivity contribution < 1.29 is 9.26 Å². The summed E-state index contributed by atoms with van der Waals surface area (Å²) in [5, 5.41) is 4.95. The van der Waals surface area contributed by atoms with E-state index in [9.17, 15) is 4.79 Å². The number of piperazine rings is 1. The molecular formula is C22H27N5O3. The second-order valence-corrected chi connectivity index (χ2v) is 8.09. The molecule has 30 heavy (non-hydrogen) atoms. The van der Waals surface area contributed by atoms with Gasteiger partial charge >= 0.3 is 0 Å². The molecule has 2 aromatic heterocycles. The molecule has 0 radical (unpaired) electrons. The van der Waals surface area contributed by atoms with E-state index in [1.165, 1.54) is 12.0 Å². The maximum atomic E-state index is 12.6. The van der Waals surface area contributed by atoms with Gasteiger partial charge in [0.15, 0.2) is 0 Å². The van der Waals surface area contributed by atoms with Gasteiger partial charge in [0.2, 0.25) is 0 Å². The van der Waals surface area contributed by atoms with Crippen molar-refractivity contribution in [1.29, 1.82) is 0 Å². The van der Waals surface area contributed by atoms with E-state index in [1.807, 2.05) is 18.2 Å². The Balaban J connectivity index is 1.26. The molecule has 0 N–H and O–H groups in total. The molecule has 8 heteroatoms. The minimum atomic E-state index is -0.0198. The Bertz CT molecular complexity index is 1100. The molecule has 0 bridgehead atoms. The lowest BCUT2D eigenvalue weighted by atomic mass is 10.1. The van der Waals surface area contributed by atoms with E-state index in [2.05, 4.69) is 19.9 Å². The quantitative estimate of drug-likeness (QED) is 0.615. The van der Waals surface area contributed by atoms with Crippen molar-refractivity contribution in [3.05, 3.63) is 51.9 Å². The van der Waals surface area contributed by atoms with Gasteiger partial charge in [-0.2, -0.15) is 0 Å². The van der Waals surface area contributed by atoms with Crippen molar-refractivity contribution in [2.75, 3.05) is 44.8 Å². The summed E-state index contributed by atoms with van der Waals surface area (Å²) in [6.45, 7) is 5.71. The number of methoxy groups -OCH3 is 1. The minimum Gasteiger partial charge on any atom is -0.383 e. The monoisotopic (exact) mass is 409 g/mol. The standard InChI is InChI=1S/C22H27N5O3/c1-29-12-11-27-15-23-19-13-16(5-6-18(19)22(27)28)26-9-7-25(8-10-26)14-20-17-3-2-4-21(17)30-24-20/h5-6,13,15H,2-4,7-12,14H2,1H3. The van der Waals surface area contributed by atoms with Crippen molar-refractivity contribution in [3.63, 3.8) is 0 Å². The summed E-state index contributed by atoms with van der Waals surface area (Å²) < 4.78 is 12.2. The zero-order chi connectivity index (χ0) is 20.5. The number of hydrogen-bond acceptors (Lipinski definition) is 7. The molecule has 5 rings (SSSR count). The van der Waals surface area contributed by atoms with E-state index in [1.54, 1.807) is 18.0 Å². The van der Waals surface area contributed by atoms with Crippen molar-refractivity contribution in [1.82, 2.24) is 19.6 Å². The van der Waals surface area contributed by atoms with Crippen molar-refractivity contribution in [2.24, 2.45) is 0 Å². The zero-order valence-electron chi connectivity index (χ0n) is 17.3. The topological polar surface area (TPSA) is 76.6 Å². The van der Waals surface area contributed by atoms with Crippen molar-refractivity contribution >= 4 is 16.6 Å². The number of nitrogens with zero attached hydrogens (tertiary/aromatic N) is 5. The lowest BCUT2D eigenvalue weighted by Gasteiger charge is -2.35. The van der Waals surface area contributed by atoms with Gasteiger partial charge in [-0.25, -0.2) is 4.98 Å². The van der Waals surface area contributed by atoms with Crippen LogP contribution in [0.2, 0.25) is 0 Å².